The first kappa shape index (κ1) is 16.7. The van der Waals surface area contributed by atoms with Crippen molar-refractivity contribution in [3.63, 3.8) is 0 Å². The van der Waals surface area contributed by atoms with Gasteiger partial charge in [0.25, 0.3) is 0 Å². The number of nitrogens with one attached hydrogen (secondary N) is 1. The van der Waals surface area contributed by atoms with Gasteiger partial charge in [-0.25, -0.2) is 14.5 Å². The maximum absolute atomic E-state index is 5.87. The smallest absolute Gasteiger partial charge is 0.213 e. The predicted octanol–water partition coefficient (Wildman–Crippen LogP) is 1.54. The van der Waals surface area contributed by atoms with E-state index in [1.54, 1.807) is 17.8 Å². The van der Waals surface area contributed by atoms with Gasteiger partial charge in [0.2, 0.25) is 5.88 Å². The number of hydrogen-bond donors (Lipinski definition) is 1. The van der Waals surface area contributed by atoms with E-state index in [2.05, 4.69) is 20.3 Å². The summed E-state index contributed by atoms with van der Waals surface area (Å²) in [6, 6.07) is 5.82. The Morgan fingerprint density at radius 3 is 3.19 bits per heavy atom. The number of methoxy groups -OCH3 is 1. The Kier molecular flexibility index (Phi) is 4.94. The minimum atomic E-state index is 0.577. The van der Waals surface area contributed by atoms with Crippen LogP contribution >= 0.6 is 0 Å². The second-order valence-electron chi connectivity index (χ2n) is 6.13. The van der Waals surface area contributed by atoms with Crippen molar-refractivity contribution < 1.29 is 9.47 Å². The normalized spacial score (nSPS) is 15.4. The zero-order valence-electron chi connectivity index (χ0n) is 14.8. The van der Waals surface area contributed by atoms with Crippen LogP contribution < -0.4 is 10.1 Å². The number of aromatic nitrogens is 4. The summed E-state index contributed by atoms with van der Waals surface area (Å²) in [5, 5.41) is 7.79. The molecule has 8 heteroatoms. The van der Waals surface area contributed by atoms with Crippen molar-refractivity contribution in [2.75, 3.05) is 51.8 Å². The Hall–Kier alpha value is -2.71. The third-order valence-corrected chi connectivity index (χ3v) is 4.42. The molecular formula is C18H22N6O2. The van der Waals surface area contributed by atoms with Crippen LogP contribution in [0.2, 0.25) is 0 Å². The molecule has 136 valence electrons. The van der Waals surface area contributed by atoms with Crippen LogP contribution in [0.5, 0.6) is 5.88 Å². The van der Waals surface area contributed by atoms with E-state index >= 15 is 0 Å². The van der Waals surface area contributed by atoms with E-state index < -0.39 is 0 Å². The van der Waals surface area contributed by atoms with Gasteiger partial charge in [0, 0.05) is 57.3 Å². The number of rotatable bonds is 3. The minimum Gasteiger partial charge on any atom is -0.476 e. The minimum absolute atomic E-state index is 0.577. The monoisotopic (exact) mass is 354 g/mol. The van der Waals surface area contributed by atoms with E-state index in [0.717, 1.165) is 48.8 Å². The van der Waals surface area contributed by atoms with Crippen LogP contribution in [-0.2, 0) is 4.74 Å². The summed E-state index contributed by atoms with van der Waals surface area (Å²) in [4.78, 5) is 11.3. The Bertz CT molecular complexity index is 881. The molecule has 4 heterocycles. The lowest BCUT2D eigenvalue weighted by Crippen LogP contribution is -2.35. The average Bonchev–Trinajstić information content (AvgIpc) is 3.08. The zero-order valence-corrected chi connectivity index (χ0v) is 14.8. The summed E-state index contributed by atoms with van der Waals surface area (Å²) in [6.45, 7) is 4.60. The third-order valence-electron chi connectivity index (χ3n) is 4.42. The average molecular weight is 354 g/mol. The van der Waals surface area contributed by atoms with Crippen LogP contribution in [0.4, 0.5) is 5.82 Å². The van der Waals surface area contributed by atoms with Gasteiger partial charge >= 0.3 is 0 Å². The molecule has 0 unspecified atom stereocenters. The molecule has 0 spiro atoms. The van der Waals surface area contributed by atoms with E-state index in [9.17, 15) is 0 Å². The zero-order chi connectivity index (χ0) is 17.8. The Morgan fingerprint density at radius 2 is 2.27 bits per heavy atom. The van der Waals surface area contributed by atoms with Crippen molar-refractivity contribution in [2.24, 2.45) is 0 Å². The van der Waals surface area contributed by atoms with Crippen LogP contribution in [0, 0.1) is 0 Å². The largest absolute Gasteiger partial charge is 0.476 e. The predicted molar refractivity (Wildman–Crippen MR) is 98.5 cm³/mol. The molecule has 0 atom stereocenters. The number of fused-ring (bicyclic) bond motifs is 4. The fraction of sp³-hybridized carbons (Fsp3) is 0.389. The summed E-state index contributed by atoms with van der Waals surface area (Å²) in [6.07, 6.45) is 5.50. The van der Waals surface area contributed by atoms with Crippen molar-refractivity contribution in [3.05, 3.63) is 36.8 Å². The van der Waals surface area contributed by atoms with Crippen molar-refractivity contribution in [1.82, 2.24) is 24.5 Å². The fourth-order valence-corrected chi connectivity index (χ4v) is 3.00. The van der Waals surface area contributed by atoms with Gasteiger partial charge in [0.15, 0.2) is 5.65 Å². The molecule has 0 amide bonds. The highest BCUT2D eigenvalue weighted by atomic mass is 16.5. The molecule has 1 N–H and O–H groups in total. The Labute approximate surface area is 151 Å². The molecular weight excluding hydrogens is 332 g/mol. The lowest BCUT2D eigenvalue weighted by atomic mass is 10.1. The number of nitrogens with zero attached hydrogens (tertiary/aromatic N) is 5. The van der Waals surface area contributed by atoms with E-state index in [1.807, 2.05) is 30.6 Å². The molecule has 8 nitrogen and oxygen atoms in total. The second kappa shape index (κ2) is 7.67. The van der Waals surface area contributed by atoms with Crippen molar-refractivity contribution >= 4 is 11.5 Å². The number of pyridine rings is 1. The van der Waals surface area contributed by atoms with Gasteiger partial charge in [0.1, 0.15) is 12.4 Å². The van der Waals surface area contributed by atoms with Gasteiger partial charge in [-0.1, -0.05) is 0 Å². The molecule has 26 heavy (non-hydrogen) atoms. The Balaban J connectivity index is 1.67. The molecule has 1 aliphatic heterocycles. The summed E-state index contributed by atoms with van der Waals surface area (Å²) in [5.41, 5.74) is 2.75. The van der Waals surface area contributed by atoms with Gasteiger partial charge in [-0.15, -0.1) is 0 Å². The topological polar surface area (TPSA) is 76.8 Å². The van der Waals surface area contributed by atoms with E-state index in [0.29, 0.717) is 19.1 Å². The van der Waals surface area contributed by atoms with Crippen molar-refractivity contribution in [3.8, 4) is 17.0 Å². The quantitative estimate of drug-likeness (QED) is 0.764. The summed E-state index contributed by atoms with van der Waals surface area (Å²) in [5.74, 6) is 1.45. The van der Waals surface area contributed by atoms with Gasteiger partial charge in [0.05, 0.1) is 12.8 Å². The van der Waals surface area contributed by atoms with Crippen LogP contribution in [-0.4, -0.2) is 71.0 Å². The maximum Gasteiger partial charge on any atom is 0.213 e. The van der Waals surface area contributed by atoms with Gasteiger partial charge < -0.3 is 14.8 Å². The summed E-state index contributed by atoms with van der Waals surface area (Å²) in [7, 11) is 1.72. The molecule has 1 aliphatic rings. The van der Waals surface area contributed by atoms with Crippen LogP contribution in [0.1, 0.15) is 0 Å². The fourth-order valence-electron chi connectivity index (χ4n) is 3.00. The van der Waals surface area contributed by atoms with Gasteiger partial charge in [-0.2, -0.15) is 5.10 Å². The van der Waals surface area contributed by atoms with E-state index in [-0.39, 0.29) is 0 Å². The molecule has 3 aromatic rings. The molecule has 4 rings (SSSR count). The Morgan fingerprint density at radius 1 is 1.31 bits per heavy atom. The van der Waals surface area contributed by atoms with Crippen LogP contribution in [0.3, 0.4) is 0 Å². The number of ether oxygens (including phenoxy) is 2. The number of anilines is 1. The maximum atomic E-state index is 5.87. The molecule has 0 radical (unpaired) electrons. The standard InChI is InChI=1S/C18H22N6O2/c1-25-10-8-23-7-5-19-16-3-6-24-18(22-16)15(13-21-24)14-2-4-20-17(12-14)26-11-9-23/h2-4,6,12-13H,5,7-11H2,1H3,(H,19,22). The highest BCUT2D eigenvalue weighted by Gasteiger charge is 2.12. The molecule has 0 aliphatic carbocycles. The summed E-state index contributed by atoms with van der Waals surface area (Å²) < 4.78 is 12.9. The lowest BCUT2D eigenvalue weighted by Gasteiger charge is -2.22. The third kappa shape index (κ3) is 3.61. The molecule has 4 bridgehead atoms. The summed E-state index contributed by atoms with van der Waals surface area (Å²) >= 11 is 0. The van der Waals surface area contributed by atoms with Crippen LogP contribution in [0.25, 0.3) is 16.8 Å². The van der Waals surface area contributed by atoms with Gasteiger partial charge in [-0.05, 0) is 17.7 Å². The highest BCUT2D eigenvalue weighted by Crippen LogP contribution is 2.26. The van der Waals surface area contributed by atoms with Crippen molar-refractivity contribution in [1.29, 1.82) is 0 Å². The first-order valence-electron chi connectivity index (χ1n) is 8.72. The SMILES string of the molecule is COCCN1CCNc2ccn3ncc(c3n2)-c2ccnc(c2)OCC1. The first-order chi connectivity index (χ1) is 12.8. The second-order valence-corrected chi connectivity index (χ2v) is 6.13. The van der Waals surface area contributed by atoms with E-state index in [4.69, 9.17) is 14.5 Å². The van der Waals surface area contributed by atoms with Gasteiger partial charge in [-0.3, -0.25) is 4.90 Å². The molecule has 0 aromatic carbocycles. The molecule has 3 aromatic heterocycles. The highest BCUT2D eigenvalue weighted by molar-refractivity contribution is 5.78. The lowest BCUT2D eigenvalue weighted by molar-refractivity contribution is 0.136. The van der Waals surface area contributed by atoms with E-state index in [1.165, 1.54) is 0 Å². The molecule has 0 saturated heterocycles. The first-order valence-corrected chi connectivity index (χ1v) is 8.72. The van der Waals surface area contributed by atoms with Crippen molar-refractivity contribution in [2.45, 2.75) is 0 Å². The van der Waals surface area contributed by atoms with Crippen LogP contribution in [0.15, 0.2) is 36.8 Å². The number of hydrogen-bond acceptors (Lipinski definition) is 7. The molecule has 0 saturated carbocycles. The molecule has 0 fully saturated rings.